The Morgan fingerprint density at radius 3 is 2.80 bits per heavy atom. The highest BCUT2D eigenvalue weighted by Gasteiger charge is 1.98. The van der Waals surface area contributed by atoms with Gasteiger partial charge in [0.2, 0.25) is 0 Å². The van der Waals surface area contributed by atoms with Gasteiger partial charge in [0.05, 0.1) is 9.26 Å². The Bertz CT molecular complexity index is 198. The summed E-state index contributed by atoms with van der Waals surface area (Å²) in [5.74, 6) is 0. The Balaban J connectivity index is 2.77. The molecule has 0 N–H and O–H groups in total. The zero-order valence-electron chi connectivity index (χ0n) is 6.26. The van der Waals surface area contributed by atoms with Crippen LogP contribution in [0.3, 0.4) is 0 Å². The predicted octanol–water partition coefficient (Wildman–Crippen LogP) is 2.21. The lowest BCUT2D eigenvalue weighted by Gasteiger charge is -1.93. The molecule has 0 unspecified atom stereocenters. The standard InChI is InChI=1S/C7H11IN2/c1-3-4-10-5-7(8)6(2)9-10/h5H,3-4H2,1-2H3. The van der Waals surface area contributed by atoms with Crippen LogP contribution in [0.15, 0.2) is 6.20 Å². The van der Waals surface area contributed by atoms with Crippen LogP contribution in [-0.4, -0.2) is 9.78 Å². The summed E-state index contributed by atoms with van der Waals surface area (Å²) in [6, 6.07) is 0. The molecule has 1 aromatic rings. The predicted molar refractivity (Wildman–Crippen MR) is 50.0 cm³/mol. The first kappa shape index (κ1) is 8.04. The number of halogens is 1. The summed E-state index contributed by atoms with van der Waals surface area (Å²) >= 11 is 2.30. The van der Waals surface area contributed by atoms with E-state index < -0.39 is 0 Å². The minimum Gasteiger partial charge on any atom is -0.271 e. The van der Waals surface area contributed by atoms with E-state index in [1.807, 2.05) is 11.6 Å². The van der Waals surface area contributed by atoms with Crippen molar-refractivity contribution in [3.63, 3.8) is 0 Å². The van der Waals surface area contributed by atoms with Crippen molar-refractivity contribution in [2.45, 2.75) is 26.8 Å². The molecular weight excluding hydrogens is 239 g/mol. The second-order valence-corrected chi connectivity index (χ2v) is 3.49. The molecule has 0 aliphatic rings. The lowest BCUT2D eigenvalue weighted by Crippen LogP contribution is -1.96. The first-order valence-electron chi connectivity index (χ1n) is 3.43. The topological polar surface area (TPSA) is 17.8 Å². The molecule has 1 heterocycles. The molecule has 3 heteroatoms. The van der Waals surface area contributed by atoms with Crippen molar-refractivity contribution in [3.05, 3.63) is 15.5 Å². The van der Waals surface area contributed by atoms with Crippen LogP contribution in [0.5, 0.6) is 0 Å². The summed E-state index contributed by atoms with van der Waals surface area (Å²) in [7, 11) is 0. The monoisotopic (exact) mass is 250 g/mol. The third kappa shape index (κ3) is 1.71. The molecule has 0 atom stereocenters. The van der Waals surface area contributed by atoms with Crippen molar-refractivity contribution >= 4 is 22.6 Å². The lowest BCUT2D eigenvalue weighted by molar-refractivity contribution is 0.598. The van der Waals surface area contributed by atoms with Crippen molar-refractivity contribution in [3.8, 4) is 0 Å². The number of aryl methyl sites for hydroxylation is 2. The molecule has 0 radical (unpaired) electrons. The van der Waals surface area contributed by atoms with Gasteiger partial charge in [-0.15, -0.1) is 0 Å². The molecule has 0 saturated carbocycles. The average Bonchev–Trinajstić information content (AvgIpc) is 2.14. The maximum Gasteiger partial charge on any atom is 0.0727 e. The Morgan fingerprint density at radius 1 is 1.70 bits per heavy atom. The van der Waals surface area contributed by atoms with E-state index in [2.05, 4.69) is 40.8 Å². The molecule has 0 spiro atoms. The van der Waals surface area contributed by atoms with Crippen LogP contribution in [0.25, 0.3) is 0 Å². The lowest BCUT2D eigenvalue weighted by atomic mass is 10.5. The summed E-state index contributed by atoms with van der Waals surface area (Å²) in [4.78, 5) is 0. The molecule has 0 fully saturated rings. The van der Waals surface area contributed by atoms with E-state index in [1.165, 1.54) is 3.57 Å². The van der Waals surface area contributed by atoms with Crippen LogP contribution in [0.1, 0.15) is 19.0 Å². The smallest absolute Gasteiger partial charge is 0.0727 e. The number of hydrogen-bond donors (Lipinski definition) is 0. The molecule has 0 bridgehead atoms. The zero-order valence-corrected chi connectivity index (χ0v) is 8.42. The van der Waals surface area contributed by atoms with E-state index in [0.29, 0.717) is 0 Å². The van der Waals surface area contributed by atoms with Crippen LogP contribution >= 0.6 is 22.6 Å². The molecule has 0 aliphatic carbocycles. The van der Waals surface area contributed by atoms with Crippen molar-refractivity contribution in [2.75, 3.05) is 0 Å². The van der Waals surface area contributed by atoms with Gasteiger partial charge in [0.25, 0.3) is 0 Å². The molecule has 0 amide bonds. The van der Waals surface area contributed by atoms with Gasteiger partial charge in [0.15, 0.2) is 0 Å². The summed E-state index contributed by atoms with van der Waals surface area (Å²) in [5, 5.41) is 4.31. The van der Waals surface area contributed by atoms with Crippen molar-refractivity contribution < 1.29 is 0 Å². The molecular formula is C7H11IN2. The highest BCUT2D eigenvalue weighted by molar-refractivity contribution is 14.1. The van der Waals surface area contributed by atoms with E-state index in [4.69, 9.17) is 0 Å². The molecule has 0 aromatic carbocycles. The van der Waals surface area contributed by atoms with E-state index >= 15 is 0 Å². The van der Waals surface area contributed by atoms with Gasteiger partial charge >= 0.3 is 0 Å². The van der Waals surface area contributed by atoms with Gasteiger partial charge in [0.1, 0.15) is 0 Å². The van der Waals surface area contributed by atoms with E-state index in [0.717, 1.165) is 18.7 Å². The number of aromatic nitrogens is 2. The molecule has 1 aromatic heterocycles. The minimum absolute atomic E-state index is 1.03. The molecule has 56 valence electrons. The molecule has 10 heavy (non-hydrogen) atoms. The van der Waals surface area contributed by atoms with Crippen molar-refractivity contribution in [2.24, 2.45) is 0 Å². The SMILES string of the molecule is CCCn1cc(I)c(C)n1. The fraction of sp³-hybridized carbons (Fsp3) is 0.571. The third-order valence-electron chi connectivity index (χ3n) is 1.34. The van der Waals surface area contributed by atoms with Gasteiger partial charge in [0, 0.05) is 12.7 Å². The van der Waals surface area contributed by atoms with Gasteiger partial charge < -0.3 is 0 Å². The Morgan fingerprint density at radius 2 is 2.40 bits per heavy atom. The van der Waals surface area contributed by atoms with E-state index in [1.54, 1.807) is 0 Å². The average molecular weight is 250 g/mol. The first-order valence-corrected chi connectivity index (χ1v) is 4.51. The Hall–Kier alpha value is -0.0600. The maximum absolute atomic E-state index is 4.31. The van der Waals surface area contributed by atoms with E-state index in [9.17, 15) is 0 Å². The first-order chi connectivity index (χ1) is 4.74. The largest absolute Gasteiger partial charge is 0.271 e. The normalized spacial score (nSPS) is 10.3. The maximum atomic E-state index is 4.31. The molecule has 0 aliphatic heterocycles. The molecule has 1 rings (SSSR count). The quantitative estimate of drug-likeness (QED) is 0.736. The summed E-state index contributed by atoms with van der Waals surface area (Å²) in [6.45, 7) is 5.22. The molecule has 0 saturated heterocycles. The zero-order chi connectivity index (χ0) is 7.56. The Labute approximate surface area is 74.8 Å². The summed E-state index contributed by atoms with van der Waals surface area (Å²) in [6.07, 6.45) is 3.23. The van der Waals surface area contributed by atoms with Gasteiger partial charge in [-0.05, 0) is 35.9 Å². The van der Waals surface area contributed by atoms with Gasteiger partial charge in [-0.2, -0.15) is 5.10 Å². The van der Waals surface area contributed by atoms with Crippen LogP contribution in [0.4, 0.5) is 0 Å². The second-order valence-electron chi connectivity index (χ2n) is 2.33. The molecule has 2 nitrogen and oxygen atoms in total. The number of rotatable bonds is 2. The van der Waals surface area contributed by atoms with Crippen LogP contribution in [-0.2, 0) is 6.54 Å². The Kier molecular flexibility index (Phi) is 2.71. The van der Waals surface area contributed by atoms with Crippen LogP contribution in [0, 0.1) is 10.5 Å². The van der Waals surface area contributed by atoms with Crippen LogP contribution < -0.4 is 0 Å². The number of nitrogens with zero attached hydrogens (tertiary/aromatic N) is 2. The van der Waals surface area contributed by atoms with Crippen molar-refractivity contribution in [1.82, 2.24) is 9.78 Å². The van der Waals surface area contributed by atoms with Crippen LogP contribution in [0.2, 0.25) is 0 Å². The summed E-state index contributed by atoms with van der Waals surface area (Å²) < 4.78 is 3.25. The second kappa shape index (κ2) is 3.37. The van der Waals surface area contributed by atoms with E-state index in [-0.39, 0.29) is 0 Å². The number of hydrogen-bond acceptors (Lipinski definition) is 1. The third-order valence-corrected chi connectivity index (χ3v) is 2.40. The van der Waals surface area contributed by atoms with Crippen molar-refractivity contribution in [1.29, 1.82) is 0 Å². The fourth-order valence-electron chi connectivity index (χ4n) is 0.837. The minimum atomic E-state index is 1.03. The summed E-state index contributed by atoms with van der Waals surface area (Å²) in [5.41, 5.74) is 1.13. The highest BCUT2D eigenvalue weighted by Crippen LogP contribution is 2.08. The van der Waals surface area contributed by atoms with Gasteiger partial charge in [-0.1, -0.05) is 6.92 Å². The van der Waals surface area contributed by atoms with Gasteiger partial charge in [-0.25, -0.2) is 0 Å². The highest BCUT2D eigenvalue weighted by atomic mass is 127. The van der Waals surface area contributed by atoms with Gasteiger partial charge in [-0.3, -0.25) is 4.68 Å². The fourth-order valence-corrected chi connectivity index (χ4v) is 1.27.